The summed E-state index contributed by atoms with van der Waals surface area (Å²) in [7, 11) is 0. The smallest absolute Gasteiger partial charge is 0.258 e. The average Bonchev–Trinajstić information content (AvgIpc) is 3.69. The highest BCUT2D eigenvalue weighted by molar-refractivity contribution is 9.10. The molecule has 0 saturated heterocycles. The van der Waals surface area contributed by atoms with Crippen molar-refractivity contribution in [2.24, 2.45) is 0 Å². The van der Waals surface area contributed by atoms with Gasteiger partial charge >= 0.3 is 0 Å². The summed E-state index contributed by atoms with van der Waals surface area (Å²) in [6.07, 6.45) is 6.18. The van der Waals surface area contributed by atoms with E-state index in [2.05, 4.69) is 33.6 Å². The largest absolute Gasteiger partial charge is 0.506 e. The Labute approximate surface area is 222 Å². The van der Waals surface area contributed by atoms with Crippen LogP contribution >= 0.6 is 15.9 Å². The van der Waals surface area contributed by atoms with Crippen LogP contribution in [0.5, 0.6) is 5.75 Å². The predicted molar refractivity (Wildman–Crippen MR) is 142 cm³/mol. The minimum atomic E-state index is -0.415. The molecule has 9 nitrogen and oxygen atoms in total. The number of pyridine rings is 1. The van der Waals surface area contributed by atoms with Crippen LogP contribution in [0, 0.1) is 0 Å². The van der Waals surface area contributed by atoms with E-state index in [9.17, 15) is 14.7 Å². The van der Waals surface area contributed by atoms with Crippen molar-refractivity contribution in [3.63, 3.8) is 0 Å². The van der Waals surface area contributed by atoms with Crippen LogP contribution in [0.3, 0.4) is 0 Å². The molecule has 1 saturated carbocycles. The van der Waals surface area contributed by atoms with Gasteiger partial charge in [0.05, 0.1) is 23.0 Å². The number of nitrogens with zero attached hydrogens (tertiary/aromatic N) is 5. The highest BCUT2D eigenvalue weighted by Crippen LogP contribution is 2.43. The molecule has 0 bridgehead atoms. The number of halogens is 1. The zero-order valence-corrected chi connectivity index (χ0v) is 21.8. The molecular formula is C27H27BrN6O3. The van der Waals surface area contributed by atoms with Crippen molar-refractivity contribution >= 4 is 33.4 Å². The number of benzene rings is 1. The lowest BCUT2D eigenvalue weighted by Gasteiger charge is -2.38. The number of phenols is 1. The Bertz CT molecular complexity index is 1450. The lowest BCUT2D eigenvalue weighted by molar-refractivity contribution is -0.126. The summed E-state index contributed by atoms with van der Waals surface area (Å²) in [4.78, 5) is 34.1. The van der Waals surface area contributed by atoms with Gasteiger partial charge in [-0.1, -0.05) is 12.6 Å². The van der Waals surface area contributed by atoms with Crippen LogP contribution in [0.25, 0.3) is 5.69 Å². The van der Waals surface area contributed by atoms with Gasteiger partial charge in [-0.3, -0.25) is 9.59 Å². The molecular weight excluding hydrogens is 536 g/mol. The number of rotatable bonds is 4. The third kappa shape index (κ3) is 4.09. The second-order valence-corrected chi connectivity index (χ2v) is 10.7. The fourth-order valence-corrected chi connectivity index (χ4v) is 5.88. The second kappa shape index (κ2) is 9.02. The molecule has 6 rings (SSSR count). The zero-order chi connectivity index (χ0) is 25.8. The van der Waals surface area contributed by atoms with Gasteiger partial charge in [-0.25, -0.2) is 9.67 Å². The van der Waals surface area contributed by atoms with Crippen LogP contribution < -0.4 is 5.73 Å². The molecule has 2 aliphatic heterocycles. The third-order valence-electron chi connectivity index (χ3n) is 7.57. The third-order valence-corrected chi connectivity index (χ3v) is 8.00. The number of carbonyl (C=O) groups excluding carboxylic acids is 2. The van der Waals surface area contributed by atoms with Crippen molar-refractivity contribution < 1.29 is 14.7 Å². The molecule has 10 heteroatoms. The summed E-state index contributed by atoms with van der Waals surface area (Å²) < 4.78 is 2.38. The molecule has 1 fully saturated rings. The van der Waals surface area contributed by atoms with Crippen molar-refractivity contribution in [3.8, 4) is 11.4 Å². The molecule has 190 valence electrons. The van der Waals surface area contributed by atoms with Crippen molar-refractivity contribution in [3.05, 3.63) is 75.8 Å². The minimum Gasteiger partial charge on any atom is -0.506 e. The SMILES string of the molecule is C=CC(=O)N1CCc2nn(-c3ccc(C4CC4)cc3O)c3c2[C@H](C1)N(C(=O)c1cnc(Br)cc1N)CC3. The highest BCUT2D eigenvalue weighted by Gasteiger charge is 2.40. The van der Waals surface area contributed by atoms with Crippen LogP contribution in [-0.4, -0.2) is 61.1 Å². The van der Waals surface area contributed by atoms with Gasteiger partial charge in [-0.05, 0) is 64.5 Å². The van der Waals surface area contributed by atoms with Crippen LogP contribution in [0.15, 0.2) is 47.7 Å². The first-order valence-electron chi connectivity index (χ1n) is 12.4. The molecule has 2 aromatic heterocycles. The van der Waals surface area contributed by atoms with Gasteiger partial charge in [0.15, 0.2) is 0 Å². The number of anilines is 1. The Morgan fingerprint density at radius 3 is 2.70 bits per heavy atom. The minimum absolute atomic E-state index is 0.185. The molecule has 0 unspecified atom stereocenters. The van der Waals surface area contributed by atoms with Gasteiger partial charge in [0.25, 0.3) is 5.91 Å². The highest BCUT2D eigenvalue weighted by atomic mass is 79.9. The maximum absolute atomic E-state index is 13.7. The molecule has 3 aliphatic rings. The van der Waals surface area contributed by atoms with Gasteiger partial charge in [-0.15, -0.1) is 0 Å². The molecule has 0 spiro atoms. The van der Waals surface area contributed by atoms with E-state index in [4.69, 9.17) is 10.8 Å². The number of hydrogen-bond acceptors (Lipinski definition) is 6. The normalized spacial score (nSPS) is 18.8. The summed E-state index contributed by atoms with van der Waals surface area (Å²) in [5.74, 6) is 0.308. The number of nitrogens with two attached hydrogens (primary N) is 1. The number of carbonyl (C=O) groups is 2. The molecule has 3 N–H and O–H groups in total. The van der Waals surface area contributed by atoms with E-state index in [1.807, 2.05) is 16.8 Å². The molecule has 37 heavy (non-hydrogen) atoms. The Morgan fingerprint density at radius 2 is 2.00 bits per heavy atom. The molecule has 4 heterocycles. The van der Waals surface area contributed by atoms with Crippen LogP contribution in [-0.2, 0) is 17.6 Å². The van der Waals surface area contributed by atoms with Crippen molar-refractivity contribution in [2.45, 2.75) is 37.6 Å². The Kier molecular flexibility index (Phi) is 5.78. The van der Waals surface area contributed by atoms with Gasteiger partial charge in [0.1, 0.15) is 16.0 Å². The number of aromatic nitrogens is 3. The lowest BCUT2D eigenvalue weighted by atomic mass is 9.94. The molecule has 1 aliphatic carbocycles. The van der Waals surface area contributed by atoms with Gasteiger partial charge in [0.2, 0.25) is 5.91 Å². The summed E-state index contributed by atoms with van der Waals surface area (Å²) in [6, 6.07) is 7.04. The van der Waals surface area contributed by atoms with E-state index in [1.165, 1.54) is 12.3 Å². The van der Waals surface area contributed by atoms with Gasteiger partial charge in [0, 0.05) is 49.9 Å². The van der Waals surface area contributed by atoms with E-state index in [0.29, 0.717) is 59.9 Å². The number of aromatic hydroxyl groups is 1. The second-order valence-electron chi connectivity index (χ2n) is 9.84. The van der Waals surface area contributed by atoms with Crippen molar-refractivity contribution in [1.82, 2.24) is 24.6 Å². The van der Waals surface area contributed by atoms with Gasteiger partial charge < -0.3 is 20.6 Å². The maximum atomic E-state index is 13.7. The molecule has 0 radical (unpaired) electrons. The lowest BCUT2D eigenvalue weighted by Crippen LogP contribution is -2.46. The van der Waals surface area contributed by atoms with Crippen LogP contribution in [0.4, 0.5) is 5.69 Å². The first-order chi connectivity index (χ1) is 17.9. The Hall–Kier alpha value is -3.66. The molecule has 2 amide bonds. The van der Waals surface area contributed by atoms with Crippen molar-refractivity contribution in [2.75, 3.05) is 25.4 Å². The first kappa shape index (κ1) is 23.7. The summed E-state index contributed by atoms with van der Waals surface area (Å²) in [5.41, 5.74) is 11.3. The quantitative estimate of drug-likeness (QED) is 0.371. The number of nitrogen functional groups attached to an aromatic ring is 1. The number of amides is 2. The summed E-state index contributed by atoms with van der Waals surface area (Å²) in [5, 5.41) is 15.8. The van der Waals surface area contributed by atoms with E-state index in [-0.39, 0.29) is 17.6 Å². The van der Waals surface area contributed by atoms with E-state index >= 15 is 0 Å². The van der Waals surface area contributed by atoms with Crippen LogP contribution in [0.2, 0.25) is 0 Å². The van der Waals surface area contributed by atoms with E-state index in [0.717, 1.165) is 35.4 Å². The molecule has 1 atom stereocenters. The fraction of sp³-hybridized carbons (Fsp3) is 0.333. The number of phenolic OH excluding ortho intramolecular Hbond substituents is 1. The Morgan fingerprint density at radius 1 is 1.19 bits per heavy atom. The van der Waals surface area contributed by atoms with E-state index < -0.39 is 6.04 Å². The van der Waals surface area contributed by atoms with Crippen molar-refractivity contribution in [1.29, 1.82) is 0 Å². The van der Waals surface area contributed by atoms with Crippen LogP contribution in [0.1, 0.15) is 57.7 Å². The fourth-order valence-electron chi connectivity index (χ4n) is 5.53. The first-order valence-corrected chi connectivity index (χ1v) is 13.2. The number of hydrogen-bond donors (Lipinski definition) is 2. The maximum Gasteiger partial charge on any atom is 0.258 e. The standard InChI is InChI=1S/C27H27BrN6O3/c1-2-25(36)32-9-7-19-26-21(34(31-19)20-6-5-16(11-23(20)35)15-3-4-15)8-10-33(22(26)14-32)27(37)17-13-30-24(28)12-18(17)29/h2,5-6,11-13,15,22,35H,1,3-4,7-10,14H2,(H2,29,30)/t22-/m0/s1. The molecule has 3 aromatic rings. The summed E-state index contributed by atoms with van der Waals surface area (Å²) in [6.45, 7) is 4.83. The topological polar surface area (TPSA) is 118 Å². The average molecular weight is 563 g/mol. The van der Waals surface area contributed by atoms with E-state index in [1.54, 1.807) is 15.9 Å². The van der Waals surface area contributed by atoms with Gasteiger partial charge in [-0.2, -0.15) is 5.10 Å². The predicted octanol–water partition coefficient (Wildman–Crippen LogP) is 3.51. The molecule has 1 aromatic carbocycles. The summed E-state index contributed by atoms with van der Waals surface area (Å²) >= 11 is 3.29. The monoisotopic (exact) mass is 562 g/mol. The Balaban J connectivity index is 1.43. The zero-order valence-electron chi connectivity index (χ0n) is 20.2.